The van der Waals surface area contributed by atoms with Crippen molar-refractivity contribution in [2.45, 2.75) is 23.6 Å². The Kier molecular flexibility index (Phi) is 6.30. The van der Waals surface area contributed by atoms with E-state index in [1.807, 2.05) is 37.4 Å². The number of rotatable bonds is 6. The number of thioether (sulfide) groups is 1. The van der Waals surface area contributed by atoms with Crippen molar-refractivity contribution in [3.05, 3.63) is 83.4 Å². The lowest BCUT2D eigenvalue weighted by atomic mass is 10.1. The van der Waals surface area contributed by atoms with Gasteiger partial charge in [0.25, 0.3) is 15.9 Å². The van der Waals surface area contributed by atoms with Gasteiger partial charge >= 0.3 is 0 Å². The van der Waals surface area contributed by atoms with Gasteiger partial charge in [-0.3, -0.25) is 9.52 Å². The van der Waals surface area contributed by atoms with Crippen molar-refractivity contribution in [3.8, 4) is 0 Å². The standard InChI is InChI=1S/C22H22N2O3S2/c1-15-7-11-20(12-8-15)29(26,27)24-21-13-17(10-9-16(21)2)22(25)23-18-5-4-6-19(14-18)28-3/h4-14,24H,1-3H3,(H,23,25). The number of carbonyl (C=O) groups excluding carboxylic acids is 1. The Bertz CT molecular complexity index is 1140. The van der Waals surface area contributed by atoms with Gasteiger partial charge in [0.1, 0.15) is 0 Å². The summed E-state index contributed by atoms with van der Waals surface area (Å²) >= 11 is 1.59. The minimum atomic E-state index is -3.75. The van der Waals surface area contributed by atoms with Crippen LogP contribution in [0.2, 0.25) is 0 Å². The van der Waals surface area contributed by atoms with Gasteiger partial charge in [0, 0.05) is 16.1 Å². The van der Waals surface area contributed by atoms with Crippen LogP contribution < -0.4 is 10.0 Å². The Morgan fingerprint density at radius 1 is 0.931 bits per heavy atom. The van der Waals surface area contributed by atoms with Crippen molar-refractivity contribution >= 4 is 39.1 Å². The van der Waals surface area contributed by atoms with Gasteiger partial charge in [0.05, 0.1) is 10.6 Å². The lowest BCUT2D eigenvalue weighted by Gasteiger charge is -2.13. The topological polar surface area (TPSA) is 75.3 Å². The second-order valence-corrected chi connectivity index (χ2v) is 9.20. The highest BCUT2D eigenvalue weighted by molar-refractivity contribution is 7.98. The first-order valence-electron chi connectivity index (χ1n) is 8.94. The van der Waals surface area contributed by atoms with Crippen molar-refractivity contribution in [1.29, 1.82) is 0 Å². The van der Waals surface area contributed by atoms with Crippen molar-refractivity contribution < 1.29 is 13.2 Å². The third-order valence-electron chi connectivity index (χ3n) is 4.40. The Morgan fingerprint density at radius 3 is 2.34 bits per heavy atom. The van der Waals surface area contributed by atoms with Gasteiger partial charge in [-0.25, -0.2) is 8.42 Å². The van der Waals surface area contributed by atoms with Gasteiger partial charge < -0.3 is 5.32 Å². The van der Waals surface area contributed by atoms with Gasteiger partial charge in [-0.1, -0.05) is 29.8 Å². The largest absolute Gasteiger partial charge is 0.322 e. The summed E-state index contributed by atoms with van der Waals surface area (Å²) in [6.07, 6.45) is 1.97. The Hall–Kier alpha value is -2.77. The van der Waals surface area contributed by atoms with Crippen molar-refractivity contribution in [2.24, 2.45) is 0 Å². The number of aryl methyl sites for hydroxylation is 2. The number of hydrogen-bond donors (Lipinski definition) is 2. The van der Waals surface area contributed by atoms with E-state index in [0.717, 1.165) is 16.0 Å². The monoisotopic (exact) mass is 426 g/mol. The minimum absolute atomic E-state index is 0.172. The van der Waals surface area contributed by atoms with Crippen LogP contribution in [0.4, 0.5) is 11.4 Å². The molecule has 150 valence electrons. The molecule has 0 aliphatic heterocycles. The van der Waals surface area contributed by atoms with Crippen molar-refractivity contribution in [3.63, 3.8) is 0 Å². The van der Waals surface area contributed by atoms with Gasteiger partial charge in [0.2, 0.25) is 0 Å². The number of hydrogen-bond acceptors (Lipinski definition) is 4. The zero-order valence-electron chi connectivity index (χ0n) is 16.4. The fourth-order valence-electron chi connectivity index (χ4n) is 2.70. The summed E-state index contributed by atoms with van der Waals surface area (Å²) in [6, 6.07) is 19.1. The number of benzene rings is 3. The zero-order valence-corrected chi connectivity index (χ0v) is 18.0. The number of sulfonamides is 1. The van der Waals surface area contributed by atoms with Gasteiger partial charge in [-0.2, -0.15) is 0 Å². The lowest BCUT2D eigenvalue weighted by Crippen LogP contribution is -2.16. The van der Waals surface area contributed by atoms with Gasteiger partial charge in [-0.05, 0) is 68.1 Å². The average molecular weight is 427 g/mol. The van der Waals surface area contributed by atoms with Crippen LogP contribution in [0.5, 0.6) is 0 Å². The third kappa shape index (κ3) is 5.19. The Balaban J connectivity index is 1.83. The van der Waals surface area contributed by atoms with Gasteiger partial charge in [0.15, 0.2) is 0 Å². The van der Waals surface area contributed by atoms with E-state index >= 15 is 0 Å². The predicted molar refractivity (Wildman–Crippen MR) is 119 cm³/mol. The molecule has 0 saturated carbocycles. The summed E-state index contributed by atoms with van der Waals surface area (Å²) in [5.41, 5.74) is 3.12. The van der Waals surface area contributed by atoms with Crippen LogP contribution in [0.15, 0.2) is 76.5 Å². The summed E-state index contributed by atoms with van der Waals surface area (Å²) in [4.78, 5) is 13.9. The fourth-order valence-corrected chi connectivity index (χ4v) is 4.28. The summed E-state index contributed by atoms with van der Waals surface area (Å²) in [5, 5.41) is 2.85. The Labute approximate surface area is 175 Å². The first kappa shape index (κ1) is 21.0. The maximum absolute atomic E-state index is 12.7. The SMILES string of the molecule is CSc1cccc(NC(=O)c2ccc(C)c(NS(=O)(=O)c3ccc(C)cc3)c2)c1. The van der Waals surface area contributed by atoms with Crippen LogP contribution in [-0.4, -0.2) is 20.6 Å². The molecule has 0 aliphatic carbocycles. The van der Waals surface area contributed by atoms with Crippen LogP contribution >= 0.6 is 11.8 Å². The van der Waals surface area contributed by atoms with E-state index in [2.05, 4.69) is 10.0 Å². The second kappa shape index (κ2) is 8.71. The molecule has 7 heteroatoms. The Morgan fingerprint density at radius 2 is 1.66 bits per heavy atom. The van der Waals surface area contributed by atoms with E-state index in [4.69, 9.17) is 0 Å². The van der Waals surface area contributed by atoms with Crippen molar-refractivity contribution in [2.75, 3.05) is 16.3 Å². The molecule has 0 bridgehead atoms. The van der Waals surface area contributed by atoms with E-state index in [9.17, 15) is 13.2 Å². The summed E-state index contributed by atoms with van der Waals surface area (Å²) in [5.74, 6) is -0.306. The molecule has 3 rings (SSSR count). The minimum Gasteiger partial charge on any atom is -0.322 e. The molecule has 0 aliphatic rings. The summed E-state index contributed by atoms with van der Waals surface area (Å²) in [6.45, 7) is 3.68. The molecule has 0 radical (unpaired) electrons. The quantitative estimate of drug-likeness (QED) is 0.539. The highest BCUT2D eigenvalue weighted by Gasteiger charge is 2.16. The molecular formula is C22H22N2O3S2. The van der Waals surface area contributed by atoms with Gasteiger partial charge in [-0.15, -0.1) is 11.8 Å². The molecule has 29 heavy (non-hydrogen) atoms. The second-order valence-electron chi connectivity index (χ2n) is 6.63. The summed E-state index contributed by atoms with van der Waals surface area (Å²) in [7, 11) is -3.75. The molecule has 3 aromatic carbocycles. The number of anilines is 2. The van der Waals surface area contributed by atoms with E-state index < -0.39 is 10.0 Å². The first-order valence-corrected chi connectivity index (χ1v) is 11.6. The smallest absolute Gasteiger partial charge is 0.261 e. The molecule has 2 N–H and O–H groups in total. The van der Waals surface area contributed by atoms with Crippen LogP contribution in [0, 0.1) is 13.8 Å². The van der Waals surface area contributed by atoms with E-state index in [1.54, 1.807) is 61.2 Å². The third-order valence-corrected chi connectivity index (χ3v) is 6.51. The number of amides is 1. The van der Waals surface area contributed by atoms with E-state index in [0.29, 0.717) is 16.9 Å². The van der Waals surface area contributed by atoms with E-state index in [-0.39, 0.29) is 10.8 Å². The normalized spacial score (nSPS) is 11.1. The van der Waals surface area contributed by atoms with Crippen LogP contribution in [-0.2, 0) is 10.0 Å². The van der Waals surface area contributed by atoms with Crippen molar-refractivity contribution in [1.82, 2.24) is 0 Å². The molecule has 0 aromatic heterocycles. The fraction of sp³-hybridized carbons (Fsp3) is 0.136. The molecule has 0 unspecified atom stereocenters. The zero-order chi connectivity index (χ0) is 21.0. The molecule has 1 amide bonds. The number of nitrogens with one attached hydrogen (secondary N) is 2. The number of carbonyl (C=O) groups is 1. The van der Waals surface area contributed by atoms with Crippen LogP contribution in [0.25, 0.3) is 0 Å². The molecule has 0 spiro atoms. The molecule has 0 atom stereocenters. The molecule has 0 heterocycles. The lowest BCUT2D eigenvalue weighted by molar-refractivity contribution is 0.102. The van der Waals surface area contributed by atoms with E-state index in [1.165, 1.54) is 0 Å². The van der Waals surface area contributed by atoms with Crippen LogP contribution in [0.3, 0.4) is 0 Å². The maximum atomic E-state index is 12.7. The molecule has 5 nitrogen and oxygen atoms in total. The average Bonchev–Trinajstić information content (AvgIpc) is 2.70. The molecule has 0 fully saturated rings. The van der Waals surface area contributed by atoms with Crippen LogP contribution in [0.1, 0.15) is 21.5 Å². The maximum Gasteiger partial charge on any atom is 0.261 e. The highest BCUT2D eigenvalue weighted by atomic mass is 32.2. The molecule has 0 saturated heterocycles. The summed E-state index contributed by atoms with van der Waals surface area (Å²) < 4.78 is 28.0. The first-order chi connectivity index (χ1) is 13.8. The molecule has 3 aromatic rings. The molecular weight excluding hydrogens is 404 g/mol. The predicted octanol–water partition coefficient (Wildman–Crippen LogP) is 5.08. The highest BCUT2D eigenvalue weighted by Crippen LogP contribution is 2.23.